The molecule has 0 spiro atoms. The normalized spacial score (nSPS) is 11.8. The third kappa shape index (κ3) is 2.51. The van der Waals surface area contributed by atoms with Crippen LogP contribution in [0.2, 0.25) is 5.02 Å². The van der Waals surface area contributed by atoms with E-state index in [2.05, 4.69) is 26.1 Å². The molecule has 0 radical (unpaired) electrons. The number of halogens is 2. The van der Waals surface area contributed by atoms with Gasteiger partial charge in [-0.15, -0.1) is 0 Å². The van der Waals surface area contributed by atoms with Crippen molar-refractivity contribution in [1.29, 1.82) is 0 Å². The summed E-state index contributed by atoms with van der Waals surface area (Å²) in [5.74, 6) is 0.813. The lowest BCUT2D eigenvalue weighted by molar-refractivity contribution is 0.397. The second-order valence-corrected chi connectivity index (χ2v) is 5.48. The van der Waals surface area contributed by atoms with Gasteiger partial charge in [-0.1, -0.05) is 22.8 Å². The highest BCUT2D eigenvalue weighted by Gasteiger charge is 2.23. The predicted octanol–water partition coefficient (Wildman–Crippen LogP) is 3.35. The Balaban J connectivity index is 2.48. The number of hydrogen-bond acceptors (Lipinski definition) is 4. The van der Waals surface area contributed by atoms with E-state index < -0.39 is 5.54 Å². The molecule has 1 aromatic heterocycles. The van der Waals surface area contributed by atoms with Gasteiger partial charge < -0.3 is 10.3 Å². The highest BCUT2D eigenvalue weighted by atomic mass is 79.9. The van der Waals surface area contributed by atoms with Crippen LogP contribution in [-0.4, -0.2) is 10.1 Å². The van der Waals surface area contributed by atoms with E-state index in [0.717, 1.165) is 4.47 Å². The number of rotatable bonds is 2. The Hall–Kier alpha value is -0.910. The molecule has 0 fully saturated rings. The fourth-order valence-electron chi connectivity index (χ4n) is 1.26. The molecule has 0 aliphatic heterocycles. The Morgan fingerprint density at radius 2 is 2.12 bits per heavy atom. The first kappa shape index (κ1) is 12.5. The molecule has 90 valence electrons. The molecule has 2 aromatic rings. The summed E-state index contributed by atoms with van der Waals surface area (Å²) in [4.78, 5) is 4.25. The average Bonchev–Trinajstić information content (AvgIpc) is 2.70. The molecule has 17 heavy (non-hydrogen) atoms. The average molecular weight is 317 g/mol. The maximum Gasteiger partial charge on any atom is 0.259 e. The van der Waals surface area contributed by atoms with Gasteiger partial charge in [-0.2, -0.15) is 4.98 Å². The van der Waals surface area contributed by atoms with Gasteiger partial charge in [0.1, 0.15) is 0 Å². The largest absolute Gasteiger partial charge is 0.334 e. The van der Waals surface area contributed by atoms with E-state index in [0.29, 0.717) is 22.3 Å². The first-order valence-corrected chi connectivity index (χ1v) is 6.14. The van der Waals surface area contributed by atoms with Crippen LogP contribution in [0.4, 0.5) is 0 Å². The molecule has 1 aromatic carbocycles. The standard InChI is InChI=1S/C11H11BrClN3O/c1-11(2,14)10-15-9(17-16-10)6-4-3-5-7(12)8(6)13/h3-5H,14H2,1-2H3. The second kappa shape index (κ2) is 4.40. The molecule has 0 aliphatic carbocycles. The second-order valence-electron chi connectivity index (χ2n) is 4.25. The van der Waals surface area contributed by atoms with Crippen molar-refractivity contribution >= 4 is 27.5 Å². The van der Waals surface area contributed by atoms with Gasteiger partial charge in [0.2, 0.25) is 0 Å². The number of hydrogen-bond donors (Lipinski definition) is 1. The molecule has 0 atom stereocenters. The lowest BCUT2D eigenvalue weighted by atomic mass is 10.1. The van der Waals surface area contributed by atoms with Crippen molar-refractivity contribution in [3.8, 4) is 11.5 Å². The lowest BCUT2D eigenvalue weighted by Crippen LogP contribution is -2.30. The third-order valence-electron chi connectivity index (χ3n) is 2.18. The van der Waals surface area contributed by atoms with E-state index in [9.17, 15) is 0 Å². The van der Waals surface area contributed by atoms with Crippen LogP contribution < -0.4 is 5.73 Å². The van der Waals surface area contributed by atoms with Crippen molar-refractivity contribution in [2.75, 3.05) is 0 Å². The van der Waals surface area contributed by atoms with Crippen LogP contribution in [0.3, 0.4) is 0 Å². The van der Waals surface area contributed by atoms with Gasteiger partial charge in [0.15, 0.2) is 5.82 Å². The highest BCUT2D eigenvalue weighted by Crippen LogP contribution is 2.33. The van der Waals surface area contributed by atoms with Crippen LogP contribution >= 0.6 is 27.5 Å². The molecule has 2 N–H and O–H groups in total. The van der Waals surface area contributed by atoms with Gasteiger partial charge in [0.25, 0.3) is 5.89 Å². The number of benzene rings is 1. The Kier molecular flexibility index (Phi) is 3.25. The van der Waals surface area contributed by atoms with Gasteiger partial charge in [0.05, 0.1) is 16.1 Å². The monoisotopic (exact) mass is 315 g/mol. The quantitative estimate of drug-likeness (QED) is 0.923. The first-order valence-electron chi connectivity index (χ1n) is 4.97. The summed E-state index contributed by atoms with van der Waals surface area (Å²) in [6.45, 7) is 3.62. The molecule has 0 unspecified atom stereocenters. The Bertz CT molecular complexity index is 548. The van der Waals surface area contributed by atoms with Crippen LogP contribution in [0.1, 0.15) is 19.7 Å². The van der Waals surface area contributed by atoms with Crippen LogP contribution in [0, 0.1) is 0 Å². The molecular formula is C11H11BrClN3O. The van der Waals surface area contributed by atoms with Crippen molar-refractivity contribution in [2.45, 2.75) is 19.4 Å². The predicted molar refractivity (Wildman–Crippen MR) is 69.7 cm³/mol. The molecule has 6 heteroatoms. The fraction of sp³-hybridized carbons (Fsp3) is 0.273. The van der Waals surface area contributed by atoms with Crippen molar-refractivity contribution in [3.63, 3.8) is 0 Å². The van der Waals surface area contributed by atoms with Gasteiger partial charge in [0, 0.05) is 4.47 Å². The maximum absolute atomic E-state index is 6.15. The molecule has 0 amide bonds. The molecule has 1 heterocycles. The summed E-state index contributed by atoms with van der Waals surface area (Å²) < 4.78 is 5.95. The van der Waals surface area contributed by atoms with Crippen molar-refractivity contribution in [1.82, 2.24) is 10.1 Å². The number of nitrogens with two attached hydrogens (primary N) is 1. The van der Waals surface area contributed by atoms with Gasteiger partial charge in [-0.3, -0.25) is 0 Å². The van der Waals surface area contributed by atoms with Crippen LogP contribution in [-0.2, 0) is 5.54 Å². The van der Waals surface area contributed by atoms with Gasteiger partial charge in [-0.25, -0.2) is 0 Å². The molecule has 0 aliphatic rings. The summed E-state index contributed by atoms with van der Waals surface area (Å²) in [5.41, 5.74) is 5.93. The first-order chi connectivity index (χ1) is 7.89. The summed E-state index contributed by atoms with van der Waals surface area (Å²) in [6.07, 6.45) is 0. The zero-order valence-electron chi connectivity index (χ0n) is 9.37. The van der Waals surface area contributed by atoms with Gasteiger partial charge >= 0.3 is 0 Å². The minimum atomic E-state index is -0.639. The molecule has 0 saturated carbocycles. The van der Waals surface area contributed by atoms with E-state index in [-0.39, 0.29) is 0 Å². The molecule has 0 bridgehead atoms. The fourth-order valence-corrected chi connectivity index (χ4v) is 1.84. The molecule has 0 saturated heterocycles. The van der Waals surface area contributed by atoms with Crippen LogP contribution in [0.25, 0.3) is 11.5 Å². The zero-order valence-corrected chi connectivity index (χ0v) is 11.7. The Morgan fingerprint density at radius 3 is 2.71 bits per heavy atom. The Labute approximate surface area is 112 Å². The Morgan fingerprint density at radius 1 is 1.41 bits per heavy atom. The third-order valence-corrected chi connectivity index (χ3v) is 3.48. The van der Waals surface area contributed by atoms with Crippen LogP contribution in [0.5, 0.6) is 0 Å². The van der Waals surface area contributed by atoms with Crippen molar-refractivity contribution in [2.24, 2.45) is 5.73 Å². The van der Waals surface area contributed by atoms with E-state index in [1.807, 2.05) is 32.0 Å². The topological polar surface area (TPSA) is 64.9 Å². The summed E-state index contributed by atoms with van der Waals surface area (Å²) in [7, 11) is 0. The van der Waals surface area contributed by atoms with E-state index in [4.69, 9.17) is 21.9 Å². The van der Waals surface area contributed by atoms with Crippen molar-refractivity contribution < 1.29 is 4.52 Å². The minimum absolute atomic E-state index is 0.366. The summed E-state index contributed by atoms with van der Waals surface area (Å²) in [5, 5.41) is 4.39. The maximum atomic E-state index is 6.15. The van der Waals surface area contributed by atoms with Gasteiger partial charge in [-0.05, 0) is 41.9 Å². The van der Waals surface area contributed by atoms with E-state index in [1.54, 1.807) is 0 Å². The summed E-state index contributed by atoms with van der Waals surface area (Å²) >= 11 is 9.49. The smallest absolute Gasteiger partial charge is 0.259 e. The lowest BCUT2D eigenvalue weighted by Gasteiger charge is -2.11. The molecular weight excluding hydrogens is 305 g/mol. The SMILES string of the molecule is CC(C)(N)c1noc(-c2cccc(Br)c2Cl)n1. The molecule has 4 nitrogen and oxygen atoms in total. The minimum Gasteiger partial charge on any atom is -0.334 e. The summed E-state index contributed by atoms with van der Waals surface area (Å²) in [6, 6.07) is 5.51. The number of nitrogens with zero attached hydrogens (tertiary/aromatic N) is 2. The number of aromatic nitrogens is 2. The van der Waals surface area contributed by atoms with Crippen LogP contribution in [0.15, 0.2) is 27.2 Å². The highest BCUT2D eigenvalue weighted by molar-refractivity contribution is 9.10. The van der Waals surface area contributed by atoms with E-state index in [1.165, 1.54) is 0 Å². The zero-order chi connectivity index (χ0) is 12.6. The molecule has 2 rings (SSSR count). The van der Waals surface area contributed by atoms with E-state index >= 15 is 0 Å². The van der Waals surface area contributed by atoms with Crippen molar-refractivity contribution in [3.05, 3.63) is 33.5 Å².